The van der Waals surface area contributed by atoms with Crippen LogP contribution in [0.4, 0.5) is 0 Å². The molecule has 0 fully saturated rings. The summed E-state index contributed by atoms with van der Waals surface area (Å²) in [4.78, 5) is 13.7. The molecular formula is C10H16BrN3O. The van der Waals surface area contributed by atoms with Crippen molar-refractivity contribution < 1.29 is 4.79 Å². The number of aryl methyl sites for hydroxylation is 1. The minimum Gasteiger partial charge on any atom is -0.342 e. The van der Waals surface area contributed by atoms with E-state index in [1.807, 2.05) is 21.0 Å². The van der Waals surface area contributed by atoms with Crippen molar-refractivity contribution in [1.29, 1.82) is 0 Å². The molecule has 0 spiro atoms. The summed E-state index contributed by atoms with van der Waals surface area (Å²) in [6, 6.07) is 0. The molecule has 1 aromatic heterocycles. The van der Waals surface area contributed by atoms with E-state index < -0.39 is 0 Å². The highest BCUT2D eigenvalue weighted by Crippen LogP contribution is 2.08. The predicted octanol–water partition coefficient (Wildman–Crippen LogP) is 1.59. The van der Waals surface area contributed by atoms with Gasteiger partial charge in [-0.1, -0.05) is 15.9 Å². The Kier molecular flexibility index (Phi) is 4.32. The van der Waals surface area contributed by atoms with Gasteiger partial charge in [-0.2, -0.15) is 5.10 Å². The molecule has 1 aromatic rings. The second-order valence-electron chi connectivity index (χ2n) is 3.54. The van der Waals surface area contributed by atoms with Crippen LogP contribution in [0, 0.1) is 6.92 Å². The van der Waals surface area contributed by atoms with Crippen molar-refractivity contribution >= 4 is 21.8 Å². The molecule has 0 saturated carbocycles. The molecule has 0 N–H and O–H groups in total. The van der Waals surface area contributed by atoms with Crippen LogP contribution in [0.1, 0.15) is 22.5 Å². The van der Waals surface area contributed by atoms with Gasteiger partial charge < -0.3 is 4.90 Å². The normalized spacial score (nSPS) is 10.4. The molecular weight excluding hydrogens is 258 g/mol. The summed E-state index contributed by atoms with van der Waals surface area (Å²) >= 11 is 3.35. The van der Waals surface area contributed by atoms with Gasteiger partial charge >= 0.3 is 0 Å². The molecule has 0 aliphatic carbocycles. The molecule has 0 bridgehead atoms. The second kappa shape index (κ2) is 5.30. The van der Waals surface area contributed by atoms with Gasteiger partial charge in [0.25, 0.3) is 5.91 Å². The third-order valence-corrected chi connectivity index (χ3v) is 3.00. The summed E-state index contributed by atoms with van der Waals surface area (Å²) in [6.45, 7) is 2.66. The largest absolute Gasteiger partial charge is 0.342 e. The van der Waals surface area contributed by atoms with Crippen LogP contribution in [0.25, 0.3) is 0 Å². The Balaban J connectivity index is 2.72. The summed E-state index contributed by atoms with van der Waals surface area (Å²) in [6.07, 6.45) is 2.59. The summed E-state index contributed by atoms with van der Waals surface area (Å²) in [5.74, 6) is 0.0431. The standard InChI is InChI=1S/C10H16BrN3O/c1-8-9(7-12-14(8)3)10(15)13(2)6-4-5-11/h7H,4-6H2,1-3H3. The molecule has 1 rings (SSSR count). The zero-order valence-electron chi connectivity index (χ0n) is 9.33. The van der Waals surface area contributed by atoms with E-state index in [4.69, 9.17) is 0 Å². The highest BCUT2D eigenvalue weighted by Gasteiger charge is 2.16. The lowest BCUT2D eigenvalue weighted by Crippen LogP contribution is -2.28. The fraction of sp³-hybridized carbons (Fsp3) is 0.600. The Bertz CT molecular complexity index is 348. The molecule has 0 atom stereocenters. The van der Waals surface area contributed by atoms with E-state index in [9.17, 15) is 4.79 Å². The maximum atomic E-state index is 11.9. The molecule has 0 unspecified atom stereocenters. The van der Waals surface area contributed by atoms with Crippen LogP contribution < -0.4 is 0 Å². The Labute approximate surface area is 98.4 Å². The lowest BCUT2D eigenvalue weighted by Gasteiger charge is -2.15. The van der Waals surface area contributed by atoms with Crippen molar-refractivity contribution in [1.82, 2.24) is 14.7 Å². The molecule has 5 heteroatoms. The van der Waals surface area contributed by atoms with Gasteiger partial charge in [-0.15, -0.1) is 0 Å². The molecule has 4 nitrogen and oxygen atoms in total. The van der Waals surface area contributed by atoms with Gasteiger partial charge in [-0.3, -0.25) is 9.48 Å². The van der Waals surface area contributed by atoms with E-state index in [-0.39, 0.29) is 5.91 Å². The molecule has 0 radical (unpaired) electrons. The number of aromatic nitrogens is 2. The van der Waals surface area contributed by atoms with E-state index in [2.05, 4.69) is 21.0 Å². The van der Waals surface area contributed by atoms with Gasteiger partial charge in [0.05, 0.1) is 11.8 Å². The third kappa shape index (κ3) is 2.81. The van der Waals surface area contributed by atoms with Crippen molar-refractivity contribution in [3.05, 3.63) is 17.5 Å². The van der Waals surface area contributed by atoms with Crippen molar-refractivity contribution in [2.45, 2.75) is 13.3 Å². The Morgan fingerprint density at radius 2 is 2.33 bits per heavy atom. The van der Waals surface area contributed by atoms with Gasteiger partial charge in [-0.25, -0.2) is 0 Å². The summed E-state index contributed by atoms with van der Waals surface area (Å²) in [5, 5.41) is 4.97. The Morgan fingerprint density at radius 1 is 1.67 bits per heavy atom. The van der Waals surface area contributed by atoms with Crippen LogP contribution in [0.2, 0.25) is 0 Å². The smallest absolute Gasteiger partial charge is 0.257 e. The van der Waals surface area contributed by atoms with Gasteiger partial charge in [0.1, 0.15) is 0 Å². The number of halogens is 1. The molecule has 15 heavy (non-hydrogen) atoms. The Morgan fingerprint density at radius 3 is 2.80 bits per heavy atom. The minimum atomic E-state index is 0.0431. The van der Waals surface area contributed by atoms with Crippen LogP contribution >= 0.6 is 15.9 Å². The molecule has 1 heterocycles. The average molecular weight is 274 g/mol. The van der Waals surface area contributed by atoms with Crippen LogP contribution in [-0.4, -0.2) is 39.5 Å². The zero-order chi connectivity index (χ0) is 11.4. The van der Waals surface area contributed by atoms with E-state index in [0.717, 1.165) is 24.0 Å². The van der Waals surface area contributed by atoms with Crippen LogP contribution in [0.15, 0.2) is 6.20 Å². The van der Waals surface area contributed by atoms with Crippen LogP contribution in [-0.2, 0) is 7.05 Å². The number of nitrogens with zero attached hydrogens (tertiary/aromatic N) is 3. The number of rotatable bonds is 4. The number of carbonyl (C=O) groups is 1. The first kappa shape index (κ1) is 12.2. The Hall–Kier alpha value is -0.840. The summed E-state index contributed by atoms with van der Waals surface area (Å²) < 4.78 is 1.71. The van der Waals surface area contributed by atoms with Crippen molar-refractivity contribution in [3.63, 3.8) is 0 Å². The first-order valence-corrected chi connectivity index (χ1v) is 6.00. The van der Waals surface area contributed by atoms with E-state index in [1.165, 1.54) is 0 Å². The fourth-order valence-electron chi connectivity index (χ4n) is 1.31. The monoisotopic (exact) mass is 273 g/mol. The number of carbonyl (C=O) groups excluding carboxylic acids is 1. The summed E-state index contributed by atoms with van der Waals surface area (Å²) in [7, 11) is 3.65. The third-order valence-electron chi connectivity index (χ3n) is 2.44. The number of amides is 1. The lowest BCUT2D eigenvalue weighted by molar-refractivity contribution is 0.0795. The molecule has 0 aliphatic heterocycles. The lowest BCUT2D eigenvalue weighted by atomic mass is 10.2. The fourth-order valence-corrected chi connectivity index (χ4v) is 1.56. The summed E-state index contributed by atoms with van der Waals surface area (Å²) in [5.41, 5.74) is 1.60. The maximum absolute atomic E-state index is 11.9. The van der Waals surface area contributed by atoms with Crippen LogP contribution in [0.5, 0.6) is 0 Å². The van der Waals surface area contributed by atoms with Crippen molar-refractivity contribution in [3.8, 4) is 0 Å². The minimum absolute atomic E-state index is 0.0431. The van der Waals surface area contributed by atoms with Crippen molar-refractivity contribution in [2.24, 2.45) is 7.05 Å². The quantitative estimate of drug-likeness (QED) is 0.782. The molecule has 0 aromatic carbocycles. The molecule has 0 aliphatic rings. The number of hydrogen-bond donors (Lipinski definition) is 0. The first-order valence-electron chi connectivity index (χ1n) is 4.88. The number of alkyl halides is 1. The van der Waals surface area contributed by atoms with Crippen molar-refractivity contribution in [2.75, 3.05) is 18.9 Å². The maximum Gasteiger partial charge on any atom is 0.257 e. The topological polar surface area (TPSA) is 38.1 Å². The second-order valence-corrected chi connectivity index (χ2v) is 4.33. The predicted molar refractivity (Wildman–Crippen MR) is 63.3 cm³/mol. The van der Waals surface area contributed by atoms with Gasteiger partial charge in [0, 0.05) is 31.7 Å². The highest BCUT2D eigenvalue weighted by atomic mass is 79.9. The SMILES string of the molecule is Cc1c(C(=O)N(C)CCCBr)cnn1C. The van der Waals surface area contributed by atoms with Gasteiger partial charge in [0.15, 0.2) is 0 Å². The van der Waals surface area contributed by atoms with E-state index >= 15 is 0 Å². The number of hydrogen-bond acceptors (Lipinski definition) is 2. The molecule has 84 valence electrons. The first-order chi connectivity index (χ1) is 7.07. The highest BCUT2D eigenvalue weighted by molar-refractivity contribution is 9.09. The van der Waals surface area contributed by atoms with E-state index in [1.54, 1.807) is 15.8 Å². The molecule has 0 saturated heterocycles. The van der Waals surface area contributed by atoms with Crippen LogP contribution in [0.3, 0.4) is 0 Å². The zero-order valence-corrected chi connectivity index (χ0v) is 10.9. The van der Waals surface area contributed by atoms with Gasteiger partial charge in [-0.05, 0) is 13.3 Å². The average Bonchev–Trinajstić information content (AvgIpc) is 2.55. The molecule has 1 amide bonds. The van der Waals surface area contributed by atoms with E-state index in [0.29, 0.717) is 5.56 Å². The van der Waals surface area contributed by atoms with Gasteiger partial charge in [0.2, 0.25) is 0 Å².